The van der Waals surface area contributed by atoms with Crippen LogP contribution in [0.3, 0.4) is 0 Å². The Hall–Kier alpha value is -0.700. The summed E-state index contributed by atoms with van der Waals surface area (Å²) in [5, 5.41) is 0. The second-order valence-electron chi connectivity index (χ2n) is 4.31. The van der Waals surface area contributed by atoms with E-state index in [0.29, 0.717) is 39.2 Å². The molecular formula is C10H21N3O4S. The van der Waals surface area contributed by atoms with E-state index in [1.807, 2.05) is 0 Å². The highest BCUT2D eigenvalue weighted by Crippen LogP contribution is 2.10. The van der Waals surface area contributed by atoms with E-state index in [0.717, 1.165) is 0 Å². The summed E-state index contributed by atoms with van der Waals surface area (Å²) in [4.78, 5) is 13.4. The number of nitrogens with zero attached hydrogens (tertiary/aromatic N) is 3. The average molecular weight is 279 g/mol. The van der Waals surface area contributed by atoms with Crippen molar-refractivity contribution >= 4 is 16.1 Å². The van der Waals surface area contributed by atoms with Crippen LogP contribution >= 0.6 is 0 Å². The Morgan fingerprint density at radius 3 is 2.22 bits per heavy atom. The molecule has 0 atom stereocenters. The van der Waals surface area contributed by atoms with Crippen molar-refractivity contribution in [1.29, 1.82) is 0 Å². The van der Waals surface area contributed by atoms with E-state index in [9.17, 15) is 13.2 Å². The number of hydrogen-bond acceptors (Lipinski definition) is 4. The Morgan fingerprint density at radius 2 is 1.78 bits per heavy atom. The van der Waals surface area contributed by atoms with Gasteiger partial charge in [0.25, 0.3) is 10.2 Å². The summed E-state index contributed by atoms with van der Waals surface area (Å²) >= 11 is 0. The fourth-order valence-corrected chi connectivity index (χ4v) is 2.83. The van der Waals surface area contributed by atoms with Gasteiger partial charge in [-0.2, -0.15) is 17.0 Å². The molecule has 0 aromatic carbocycles. The van der Waals surface area contributed by atoms with Crippen LogP contribution in [0.25, 0.3) is 0 Å². The summed E-state index contributed by atoms with van der Waals surface area (Å²) in [6.45, 7) is 1.97. The molecule has 0 aliphatic carbocycles. The summed E-state index contributed by atoms with van der Waals surface area (Å²) in [6.07, 6.45) is 0.344. The zero-order chi connectivity index (χ0) is 13.8. The Balaban J connectivity index is 2.49. The molecule has 1 rings (SSSR count). The first kappa shape index (κ1) is 15.4. The largest absolute Gasteiger partial charge is 0.384 e. The normalized spacial score (nSPS) is 18.3. The Morgan fingerprint density at radius 1 is 1.22 bits per heavy atom. The molecule has 1 aliphatic rings. The molecule has 1 saturated heterocycles. The summed E-state index contributed by atoms with van der Waals surface area (Å²) in [7, 11) is 1.20. The minimum Gasteiger partial charge on any atom is -0.384 e. The highest BCUT2D eigenvalue weighted by atomic mass is 32.2. The van der Waals surface area contributed by atoms with E-state index >= 15 is 0 Å². The molecule has 18 heavy (non-hydrogen) atoms. The molecule has 0 bridgehead atoms. The van der Waals surface area contributed by atoms with Crippen molar-refractivity contribution in [2.24, 2.45) is 0 Å². The Labute approximate surface area is 108 Å². The quantitative estimate of drug-likeness (QED) is 0.645. The number of rotatable bonds is 5. The summed E-state index contributed by atoms with van der Waals surface area (Å²) in [5.41, 5.74) is 0. The van der Waals surface area contributed by atoms with Gasteiger partial charge >= 0.3 is 0 Å². The number of methoxy groups -OCH3 is 1. The molecule has 0 unspecified atom stereocenters. The van der Waals surface area contributed by atoms with Crippen LogP contribution < -0.4 is 0 Å². The van der Waals surface area contributed by atoms with Gasteiger partial charge in [0.1, 0.15) is 0 Å². The second-order valence-corrected chi connectivity index (χ2v) is 6.46. The summed E-state index contributed by atoms with van der Waals surface area (Å²) in [5.74, 6) is 0.0127. The standard InChI is InChI=1S/C10H21N3O4S/c1-11(2)18(15,16)13-7-5-12(6-8-13)10(14)4-9-17-3/h4-9H2,1-3H3. The first-order chi connectivity index (χ1) is 8.39. The molecule has 0 spiro atoms. The van der Waals surface area contributed by atoms with Gasteiger partial charge < -0.3 is 9.64 Å². The van der Waals surface area contributed by atoms with Crippen LogP contribution in [0.4, 0.5) is 0 Å². The lowest BCUT2D eigenvalue weighted by Crippen LogP contribution is -2.53. The molecule has 0 aromatic heterocycles. The third-order valence-corrected chi connectivity index (χ3v) is 4.84. The number of carbonyl (C=O) groups is 1. The Kier molecular flexibility index (Phi) is 5.51. The topological polar surface area (TPSA) is 70.2 Å². The fourth-order valence-electron chi connectivity index (χ4n) is 1.75. The average Bonchev–Trinajstić information content (AvgIpc) is 2.35. The maximum atomic E-state index is 11.9. The molecule has 8 heteroatoms. The van der Waals surface area contributed by atoms with E-state index in [4.69, 9.17) is 4.74 Å². The molecule has 0 saturated carbocycles. The monoisotopic (exact) mass is 279 g/mol. The molecule has 1 fully saturated rings. The lowest BCUT2D eigenvalue weighted by atomic mass is 10.3. The van der Waals surface area contributed by atoms with Crippen molar-refractivity contribution in [3.05, 3.63) is 0 Å². The van der Waals surface area contributed by atoms with Crippen LogP contribution in [0.2, 0.25) is 0 Å². The number of ether oxygens (including phenoxy) is 1. The minimum absolute atomic E-state index is 0.0127. The smallest absolute Gasteiger partial charge is 0.281 e. The predicted molar refractivity (Wildman–Crippen MR) is 67.3 cm³/mol. The lowest BCUT2D eigenvalue weighted by molar-refractivity contribution is -0.133. The van der Waals surface area contributed by atoms with Crippen molar-refractivity contribution in [3.8, 4) is 0 Å². The zero-order valence-corrected chi connectivity index (χ0v) is 11.9. The molecule has 1 heterocycles. The third kappa shape index (κ3) is 3.64. The van der Waals surface area contributed by atoms with E-state index in [-0.39, 0.29) is 5.91 Å². The highest BCUT2D eigenvalue weighted by Gasteiger charge is 2.29. The van der Waals surface area contributed by atoms with E-state index < -0.39 is 10.2 Å². The van der Waals surface area contributed by atoms with Crippen LogP contribution in [0, 0.1) is 0 Å². The van der Waals surface area contributed by atoms with Crippen LogP contribution in [-0.4, -0.2) is 81.8 Å². The van der Waals surface area contributed by atoms with Gasteiger partial charge in [-0.3, -0.25) is 4.79 Å². The maximum absolute atomic E-state index is 11.9. The number of amides is 1. The molecule has 1 aliphatic heterocycles. The highest BCUT2D eigenvalue weighted by molar-refractivity contribution is 7.86. The van der Waals surface area contributed by atoms with Crippen molar-refractivity contribution < 1.29 is 17.9 Å². The van der Waals surface area contributed by atoms with Crippen LogP contribution in [0.15, 0.2) is 0 Å². The van der Waals surface area contributed by atoms with Gasteiger partial charge in [0.05, 0.1) is 13.0 Å². The molecule has 1 amide bonds. The van der Waals surface area contributed by atoms with Crippen molar-refractivity contribution in [2.75, 3.05) is 54.0 Å². The molecular weight excluding hydrogens is 258 g/mol. The summed E-state index contributed by atoms with van der Waals surface area (Å²) < 4.78 is 31.2. The van der Waals surface area contributed by atoms with E-state index in [1.54, 1.807) is 12.0 Å². The van der Waals surface area contributed by atoms with Crippen LogP contribution in [0.1, 0.15) is 6.42 Å². The van der Waals surface area contributed by atoms with Gasteiger partial charge in [-0.05, 0) is 0 Å². The molecule has 7 nitrogen and oxygen atoms in total. The number of piperazine rings is 1. The van der Waals surface area contributed by atoms with Crippen LogP contribution in [0.5, 0.6) is 0 Å². The first-order valence-corrected chi connectivity index (χ1v) is 7.23. The van der Waals surface area contributed by atoms with Gasteiger partial charge in [0, 0.05) is 47.4 Å². The van der Waals surface area contributed by atoms with Gasteiger partial charge in [-0.15, -0.1) is 0 Å². The number of carbonyl (C=O) groups excluding carboxylic acids is 1. The molecule has 0 N–H and O–H groups in total. The molecule has 0 aromatic rings. The lowest BCUT2D eigenvalue weighted by Gasteiger charge is -2.35. The van der Waals surface area contributed by atoms with Gasteiger partial charge in [-0.25, -0.2) is 0 Å². The van der Waals surface area contributed by atoms with Gasteiger partial charge in [0.15, 0.2) is 0 Å². The maximum Gasteiger partial charge on any atom is 0.281 e. The van der Waals surface area contributed by atoms with Gasteiger partial charge in [0.2, 0.25) is 5.91 Å². The van der Waals surface area contributed by atoms with Gasteiger partial charge in [-0.1, -0.05) is 0 Å². The Bertz CT molecular complexity index is 375. The SMILES string of the molecule is COCCC(=O)N1CCN(S(=O)(=O)N(C)C)CC1. The first-order valence-electron chi connectivity index (χ1n) is 5.84. The second kappa shape index (κ2) is 6.46. The third-order valence-electron chi connectivity index (χ3n) is 2.90. The van der Waals surface area contributed by atoms with Crippen molar-refractivity contribution in [1.82, 2.24) is 13.5 Å². The fraction of sp³-hybridized carbons (Fsp3) is 0.900. The van der Waals surface area contributed by atoms with Crippen molar-refractivity contribution in [3.63, 3.8) is 0 Å². The molecule has 106 valence electrons. The van der Waals surface area contributed by atoms with E-state index in [2.05, 4.69) is 0 Å². The summed E-state index contributed by atoms with van der Waals surface area (Å²) in [6, 6.07) is 0. The number of hydrogen-bond donors (Lipinski definition) is 0. The predicted octanol–water partition coefficient (Wildman–Crippen LogP) is -1.03. The van der Waals surface area contributed by atoms with Crippen LogP contribution in [-0.2, 0) is 19.7 Å². The van der Waals surface area contributed by atoms with Crippen molar-refractivity contribution in [2.45, 2.75) is 6.42 Å². The minimum atomic E-state index is -3.36. The molecule has 0 radical (unpaired) electrons. The van der Waals surface area contributed by atoms with E-state index in [1.165, 1.54) is 22.7 Å². The zero-order valence-electron chi connectivity index (χ0n) is 11.1.